The van der Waals surface area contributed by atoms with Gasteiger partial charge < -0.3 is 10.3 Å². The van der Waals surface area contributed by atoms with Gasteiger partial charge in [-0.3, -0.25) is 0 Å². The highest BCUT2D eigenvalue weighted by molar-refractivity contribution is 7.89. The molecule has 0 spiro atoms. The molecule has 1 saturated carbocycles. The smallest absolute Gasteiger partial charge is 0.258 e. The number of rotatable bonds is 4. The van der Waals surface area contributed by atoms with Crippen LogP contribution in [0.25, 0.3) is 11.1 Å². The van der Waals surface area contributed by atoms with Crippen molar-refractivity contribution in [2.45, 2.75) is 56.0 Å². The minimum Gasteiger partial charge on any atom is -0.336 e. The third-order valence-corrected chi connectivity index (χ3v) is 5.55. The van der Waals surface area contributed by atoms with Crippen molar-refractivity contribution in [2.24, 2.45) is 5.73 Å². The van der Waals surface area contributed by atoms with Crippen LogP contribution < -0.4 is 10.5 Å². The Hall–Kier alpha value is -1.51. The molecular weight excluding hydrogens is 304 g/mol. The van der Waals surface area contributed by atoms with Crippen molar-refractivity contribution in [1.29, 1.82) is 0 Å². The molecule has 7 nitrogen and oxygen atoms in total. The Morgan fingerprint density at radius 3 is 3.00 bits per heavy atom. The van der Waals surface area contributed by atoms with Gasteiger partial charge in [-0.2, -0.15) is 0 Å². The van der Waals surface area contributed by atoms with E-state index >= 15 is 0 Å². The number of nitrogens with one attached hydrogen (secondary N) is 1. The fourth-order valence-electron chi connectivity index (χ4n) is 2.88. The molecule has 0 saturated heterocycles. The summed E-state index contributed by atoms with van der Waals surface area (Å²) in [6.45, 7) is 1.93. The molecule has 22 heavy (non-hydrogen) atoms. The topological polar surface area (TPSA) is 111 Å². The van der Waals surface area contributed by atoms with Gasteiger partial charge in [0.05, 0.1) is 17.3 Å². The van der Waals surface area contributed by atoms with E-state index in [0.29, 0.717) is 29.6 Å². The number of nitrogens with zero attached hydrogens (tertiary/aromatic N) is 2. The van der Waals surface area contributed by atoms with Crippen LogP contribution in [-0.4, -0.2) is 30.6 Å². The molecule has 0 bridgehead atoms. The number of aromatic nitrogens is 2. The fraction of sp³-hybridized carbons (Fsp3) is 0.571. The van der Waals surface area contributed by atoms with Gasteiger partial charge in [0.1, 0.15) is 4.90 Å². The van der Waals surface area contributed by atoms with Crippen LogP contribution in [0.2, 0.25) is 0 Å². The highest BCUT2D eigenvalue weighted by Crippen LogP contribution is 2.23. The summed E-state index contributed by atoms with van der Waals surface area (Å²) in [6.07, 6.45) is 5.34. The second-order valence-electron chi connectivity index (χ2n) is 5.75. The largest absolute Gasteiger partial charge is 0.336 e. The third-order valence-electron chi connectivity index (χ3n) is 4.06. The van der Waals surface area contributed by atoms with Crippen molar-refractivity contribution >= 4 is 21.1 Å². The van der Waals surface area contributed by atoms with E-state index in [1.807, 2.05) is 6.92 Å². The maximum absolute atomic E-state index is 12.5. The normalized spacial score (nSPS) is 23.0. The summed E-state index contributed by atoms with van der Waals surface area (Å²) in [5.74, 6) is 0. The molecular formula is C14H20N4O3S. The van der Waals surface area contributed by atoms with E-state index in [1.54, 1.807) is 6.07 Å². The van der Waals surface area contributed by atoms with Crippen LogP contribution in [0.15, 0.2) is 21.7 Å². The van der Waals surface area contributed by atoms with E-state index in [0.717, 1.165) is 19.3 Å². The average Bonchev–Trinajstić information content (AvgIpc) is 2.89. The van der Waals surface area contributed by atoms with Crippen LogP contribution in [0.3, 0.4) is 0 Å². The van der Waals surface area contributed by atoms with Crippen molar-refractivity contribution in [3.05, 3.63) is 18.0 Å². The van der Waals surface area contributed by atoms with Crippen LogP contribution in [0.4, 0.5) is 0 Å². The van der Waals surface area contributed by atoms with Gasteiger partial charge in [0.15, 0.2) is 0 Å². The zero-order chi connectivity index (χ0) is 15.7. The first-order valence-electron chi connectivity index (χ1n) is 7.52. The molecule has 0 aromatic carbocycles. The van der Waals surface area contributed by atoms with E-state index in [1.165, 1.54) is 6.20 Å². The lowest BCUT2D eigenvalue weighted by molar-refractivity contribution is 0.371. The fourth-order valence-corrected chi connectivity index (χ4v) is 4.14. The maximum atomic E-state index is 12.5. The summed E-state index contributed by atoms with van der Waals surface area (Å²) in [7, 11) is -3.62. The molecule has 0 amide bonds. The van der Waals surface area contributed by atoms with Crippen LogP contribution in [0, 0.1) is 0 Å². The second-order valence-corrected chi connectivity index (χ2v) is 7.47. The Morgan fingerprint density at radius 1 is 1.45 bits per heavy atom. The van der Waals surface area contributed by atoms with Crippen LogP contribution in [-0.2, 0) is 16.4 Å². The van der Waals surface area contributed by atoms with Gasteiger partial charge in [0.2, 0.25) is 10.0 Å². The van der Waals surface area contributed by atoms with Gasteiger partial charge in [-0.1, -0.05) is 18.5 Å². The van der Waals surface area contributed by atoms with E-state index < -0.39 is 10.0 Å². The summed E-state index contributed by atoms with van der Waals surface area (Å²) in [6, 6.07) is 1.52. The zero-order valence-electron chi connectivity index (χ0n) is 12.4. The number of sulfonamides is 1. The highest BCUT2D eigenvalue weighted by atomic mass is 32.2. The number of hydrogen-bond acceptors (Lipinski definition) is 6. The summed E-state index contributed by atoms with van der Waals surface area (Å²) in [5.41, 5.74) is 6.98. The molecule has 1 aliphatic carbocycles. The Kier molecular flexibility index (Phi) is 4.16. The molecule has 2 unspecified atom stereocenters. The summed E-state index contributed by atoms with van der Waals surface area (Å²) < 4.78 is 32.9. The first-order chi connectivity index (χ1) is 10.5. The monoisotopic (exact) mass is 324 g/mol. The molecule has 2 aromatic heterocycles. The first kappa shape index (κ1) is 15.4. The third kappa shape index (κ3) is 2.99. The zero-order valence-corrected chi connectivity index (χ0v) is 13.3. The van der Waals surface area contributed by atoms with Crippen LogP contribution in [0.5, 0.6) is 0 Å². The van der Waals surface area contributed by atoms with Gasteiger partial charge in [-0.25, -0.2) is 18.1 Å². The Labute approximate surface area is 129 Å². The number of pyridine rings is 1. The highest BCUT2D eigenvalue weighted by Gasteiger charge is 2.25. The van der Waals surface area contributed by atoms with Crippen molar-refractivity contribution in [3.63, 3.8) is 0 Å². The summed E-state index contributed by atoms with van der Waals surface area (Å²) >= 11 is 0. The first-order valence-corrected chi connectivity index (χ1v) is 9.00. The number of aryl methyl sites for hydroxylation is 1. The lowest BCUT2D eigenvalue weighted by Crippen LogP contribution is -2.42. The quantitative estimate of drug-likeness (QED) is 0.877. The molecule has 2 atom stereocenters. The van der Waals surface area contributed by atoms with E-state index in [2.05, 4.69) is 14.9 Å². The van der Waals surface area contributed by atoms with Crippen molar-refractivity contribution in [2.75, 3.05) is 0 Å². The van der Waals surface area contributed by atoms with E-state index in [4.69, 9.17) is 10.3 Å². The van der Waals surface area contributed by atoms with E-state index in [-0.39, 0.29) is 17.0 Å². The van der Waals surface area contributed by atoms with Gasteiger partial charge >= 0.3 is 0 Å². The SMILES string of the molecule is CCc1noc2ncc(S(=O)(=O)NC3CCCC(N)C3)cc12. The number of hydrogen-bond donors (Lipinski definition) is 2. The lowest BCUT2D eigenvalue weighted by atomic mass is 9.92. The van der Waals surface area contributed by atoms with E-state index in [9.17, 15) is 8.42 Å². The van der Waals surface area contributed by atoms with Crippen molar-refractivity contribution in [1.82, 2.24) is 14.9 Å². The molecule has 8 heteroatoms. The molecule has 2 aromatic rings. The molecule has 1 fully saturated rings. The predicted molar refractivity (Wildman–Crippen MR) is 81.7 cm³/mol. The van der Waals surface area contributed by atoms with Gasteiger partial charge in [0.25, 0.3) is 5.71 Å². The Bertz CT molecular complexity index is 771. The van der Waals surface area contributed by atoms with Gasteiger partial charge in [0, 0.05) is 12.1 Å². The number of fused-ring (bicyclic) bond motifs is 1. The van der Waals surface area contributed by atoms with Crippen LogP contribution >= 0.6 is 0 Å². The molecule has 1 aliphatic rings. The van der Waals surface area contributed by atoms with Gasteiger partial charge in [-0.05, 0) is 31.7 Å². The Morgan fingerprint density at radius 2 is 2.27 bits per heavy atom. The Balaban J connectivity index is 1.88. The molecule has 3 rings (SSSR count). The average molecular weight is 324 g/mol. The van der Waals surface area contributed by atoms with Crippen LogP contribution in [0.1, 0.15) is 38.3 Å². The standard InChI is InChI=1S/C14H20N4O3S/c1-2-13-12-7-11(8-16-14(12)21-17-13)22(19,20)18-10-5-3-4-9(15)6-10/h7-10,18H,2-6,15H2,1H3. The van der Waals surface area contributed by atoms with Crippen molar-refractivity contribution in [3.8, 4) is 0 Å². The summed E-state index contributed by atoms with van der Waals surface area (Å²) in [4.78, 5) is 4.19. The minimum absolute atomic E-state index is 0.0619. The predicted octanol–water partition coefficient (Wildman–Crippen LogP) is 1.33. The second kappa shape index (κ2) is 5.94. The molecule has 2 heterocycles. The lowest BCUT2D eigenvalue weighted by Gasteiger charge is -2.27. The summed E-state index contributed by atoms with van der Waals surface area (Å²) in [5, 5.41) is 4.54. The minimum atomic E-state index is -3.62. The molecule has 3 N–H and O–H groups in total. The molecule has 0 aliphatic heterocycles. The van der Waals surface area contributed by atoms with Crippen molar-refractivity contribution < 1.29 is 12.9 Å². The van der Waals surface area contributed by atoms with Gasteiger partial charge in [-0.15, -0.1) is 0 Å². The molecule has 120 valence electrons. The maximum Gasteiger partial charge on any atom is 0.258 e. The molecule has 0 radical (unpaired) electrons. The number of nitrogens with two attached hydrogens (primary N) is 1.